The van der Waals surface area contributed by atoms with Crippen molar-refractivity contribution in [3.63, 3.8) is 0 Å². The van der Waals surface area contributed by atoms with Crippen LogP contribution in [-0.2, 0) is 17.4 Å². The summed E-state index contributed by atoms with van der Waals surface area (Å²) in [6.07, 6.45) is -3.08. The molecule has 0 N–H and O–H groups in total. The van der Waals surface area contributed by atoms with Crippen LogP contribution in [0.5, 0.6) is 0 Å². The van der Waals surface area contributed by atoms with E-state index in [0.29, 0.717) is 25.2 Å². The van der Waals surface area contributed by atoms with Crippen LogP contribution in [0.15, 0.2) is 18.2 Å². The molecular formula is C14H15F3N2O. The summed E-state index contributed by atoms with van der Waals surface area (Å²) < 4.78 is 38.4. The first-order valence-electron chi connectivity index (χ1n) is 6.59. The van der Waals surface area contributed by atoms with Gasteiger partial charge in [-0.15, -0.1) is 0 Å². The molecule has 1 fully saturated rings. The average molecular weight is 284 g/mol. The van der Waals surface area contributed by atoms with Gasteiger partial charge in [0.25, 0.3) is 0 Å². The minimum Gasteiger partial charge on any atom is -0.359 e. The number of fused-ring (bicyclic) bond motifs is 3. The van der Waals surface area contributed by atoms with E-state index in [-0.39, 0.29) is 11.9 Å². The summed E-state index contributed by atoms with van der Waals surface area (Å²) in [4.78, 5) is 15.7. The van der Waals surface area contributed by atoms with Crippen molar-refractivity contribution in [1.82, 2.24) is 4.90 Å². The van der Waals surface area contributed by atoms with Gasteiger partial charge in [-0.3, -0.25) is 4.79 Å². The zero-order valence-corrected chi connectivity index (χ0v) is 11.1. The Balaban J connectivity index is 2.00. The highest BCUT2D eigenvalue weighted by molar-refractivity contribution is 5.88. The highest BCUT2D eigenvalue weighted by Crippen LogP contribution is 2.39. The molecule has 2 heterocycles. The highest BCUT2D eigenvalue weighted by Gasteiger charge is 2.39. The van der Waals surface area contributed by atoms with E-state index in [2.05, 4.69) is 0 Å². The second-order valence-corrected chi connectivity index (χ2v) is 5.37. The van der Waals surface area contributed by atoms with E-state index < -0.39 is 11.7 Å². The SMILES string of the molecule is CN1CCCN2c3cc(C(F)(F)F)ccc3CC2C1=O. The first-order chi connectivity index (χ1) is 9.38. The van der Waals surface area contributed by atoms with Gasteiger partial charge in [0.1, 0.15) is 6.04 Å². The molecule has 20 heavy (non-hydrogen) atoms. The second-order valence-electron chi connectivity index (χ2n) is 5.37. The lowest BCUT2D eigenvalue weighted by Crippen LogP contribution is -2.42. The molecule has 1 saturated heterocycles. The van der Waals surface area contributed by atoms with Gasteiger partial charge in [0.15, 0.2) is 0 Å². The van der Waals surface area contributed by atoms with Crippen LogP contribution >= 0.6 is 0 Å². The van der Waals surface area contributed by atoms with E-state index in [1.165, 1.54) is 12.1 Å². The van der Waals surface area contributed by atoms with Gasteiger partial charge in [-0.25, -0.2) is 0 Å². The van der Waals surface area contributed by atoms with E-state index in [1.54, 1.807) is 11.9 Å². The number of benzene rings is 1. The monoisotopic (exact) mass is 284 g/mol. The molecule has 6 heteroatoms. The van der Waals surface area contributed by atoms with Crippen molar-refractivity contribution >= 4 is 11.6 Å². The van der Waals surface area contributed by atoms with Gasteiger partial charge < -0.3 is 9.80 Å². The molecule has 0 aliphatic carbocycles. The minimum absolute atomic E-state index is 0.00717. The Morgan fingerprint density at radius 3 is 2.70 bits per heavy atom. The first kappa shape index (κ1) is 13.3. The van der Waals surface area contributed by atoms with E-state index in [4.69, 9.17) is 0 Å². The van der Waals surface area contributed by atoms with Gasteiger partial charge >= 0.3 is 6.18 Å². The standard InChI is InChI=1S/C14H15F3N2O/c1-18-5-2-6-19-11-8-10(14(15,16)17)4-3-9(11)7-12(19)13(18)20/h3-4,8,12H,2,5-7H2,1H3. The summed E-state index contributed by atoms with van der Waals surface area (Å²) in [5.74, 6) is -0.00717. The number of alkyl halides is 3. The van der Waals surface area contributed by atoms with Crippen molar-refractivity contribution in [2.24, 2.45) is 0 Å². The molecule has 0 radical (unpaired) electrons. The Hall–Kier alpha value is -1.72. The number of amides is 1. The maximum absolute atomic E-state index is 12.8. The lowest BCUT2D eigenvalue weighted by Gasteiger charge is -2.25. The van der Waals surface area contributed by atoms with Gasteiger partial charge in [0.2, 0.25) is 5.91 Å². The van der Waals surface area contributed by atoms with Crippen LogP contribution in [0.2, 0.25) is 0 Å². The largest absolute Gasteiger partial charge is 0.416 e. The van der Waals surface area contributed by atoms with Crippen LogP contribution in [0.1, 0.15) is 17.5 Å². The number of rotatable bonds is 0. The van der Waals surface area contributed by atoms with Gasteiger partial charge in [-0.05, 0) is 24.1 Å². The molecule has 1 atom stereocenters. The molecule has 1 aromatic rings. The molecule has 0 saturated carbocycles. The molecule has 0 spiro atoms. The third-order valence-corrected chi connectivity index (χ3v) is 4.07. The zero-order chi connectivity index (χ0) is 14.5. The number of anilines is 1. The van der Waals surface area contributed by atoms with Gasteiger partial charge in [-0.1, -0.05) is 6.07 Å². The Morgan fingerprint density at radius 2 is 2.00 bits per heavy atom. The second kappa shape index (κ2) is 4.40. The number of hydrogen-bond acceptors (Lipinski definition) is 2. The number of likely N-dealkylation sites (N-methyl/N-ethyl adjacent to an activating group) is 1. The third-order valence-electron chi connectivity index (χ3n) is 4.07. The molecule has 1 aromatic carbocycles. The summed E-state index contributed by atoms with van der Waals surface area (Å²) in [6.45, 7) is 1.27. The van der Waals surface area contributed by atoms with Crippen LogP contribution in [0.25, 0.3) is 0 Å². The number of nitrogens with zero attached hydrogens (tertiary/aromatic N) is 2. The maximum Gasteiger partial charge on any atom is 0.416 e. The van der Waals surface area contributed by atoms with Crippen molar-refractivity contribution in [1.29, 1.82) is 0 Å². The predicted octanol–water partition coefficient (Wildman–Crippen LogP) is 2.30. The van der Waals surface area contributed by atoms with Crippen LogP contribution in [0.3, 0.4) is 0 Å². The Morgan fingerprint density at radius 1 is 1.25 bits per heavy atom. The van der Waals surface area contributed by atoms with Crippen molar-refractivity contribution in [2.45, 2.75) is 25.1 Å². The zero-order valence-electron chi connectivity index (χ0n) is 11.1. The van der Waals surface area contributed by atoms with Crippen molar-refractivity contribution in [3.05, 3.63) is 29.3 Å². The van der Waals surface area contributed by atoms with Gasteiger partial charge in [0.05, 0.1) is 5.56 Å². The van der Waals surface area contributed by atoms with Crippen molar-refractivity contribution in [2.75, 3.05) is 25.0 Å². The summed E-state index contributed by atoms with van der Waals surface area (Å²) in [5.41, 5.74) is 0.738. The summed E-state index contributed by atoms with van der Waals surface area (Å²) >= 11 is 0. The quantitative estimate of drug-likeness (QED) is 0.730. The summed E-state index contributed by atoms with van der Waals surface area (Å²) in [7, 11) is 1.75. The molecule has 0 aromatic heterocycles. The molecule has 3 nitrogen and oxygen atoms in total. The highest BCUT2D eigenvalue weighted by atomic mass is 19.4. The average Bonchev–Trinajstić information content (AvgIpc) is 2.68. The normalized spacial score (nSPS) is 22.6. The molecule has 1 amide bonds. The molecule has 1 unspecified atom stereocenters. The molecular weight excluding hydrogens is 269 g/mol. The van der Waals surface area contributed by atoms with Crippen LogP contribution in [-0.4, -0.2) is 37.0 Å². The fourth-order valence-corrected chi connectivity index (χ4v) is 3.01. The summed E-state index contributed by atoms with van der Waals surface area (Å²) in [6, 6.07) is 3.42. The maximum atomic E-state index is 12.8. The Kier molecular flexibility index (Phi) is 2.92. The molecule has 108 valence electrons. The summed E-state index contributed by atoms with van der Waals surface area (Å²) in [5, 5.41) is 0. The Labute approximate surface area is 115 Å². The lowest BCUT2D eigenvalue weighted by molar-refractivity contribution is -0.137. The third kappa shape index (κ3) is 2.03. The predicted molar refractivity (Wildman–Crippen MR) is 68.5 cm³/mol. The number of hydrogen-bond donors (Lipinski definition) is 0. The Bertz CT molecular complexity index is 556. The molecule has 0 bridgehead atoms. The molecule has 2 aliphatic heterocycles. The first-order valence-corrected chi connectivity index (χ1v) is 6.59. The van der Waals surface area contributed by atoms with E-state index in [0.717, 1.165) is 18.1 Å². The van der Waals surface area contributed by atoms with E-state index in [9.17, 15) is 18.0 Å². The minimum atomic E-state index is -4.35. The van der Waals surface area contributed by atoms with Crippen LogP contribution < -0.4 is 4.90 Å². The smallest absolute Gasteiger partial charge is 0.359 e. The van der Waals surface area contributed by atoms with Crippen LogP contribution in [0.4, 0.5) is 18.9 Å². The van der Waals surface area contributed by atoms with Gasteiger partial charge in [-0.2, -0.15) is 13.2 Å². The number of carbonyl (C=O) groups excluding carboxylic acids is 1. The van der Waals surface area contributed by atoms with E-state index in [1.807, 2.05) is 4.90 Å². The van der Waals surface area contributed by atoms with E-state index >= 15 is 0 Å². The fraction of sp³-hybridized carbons (Fsp3) is 0.500. The molecule has 3 rings (SSSR count). The van der Waals surface area contributed by atoms with Crippen molar-refractivity contribution < 1.29 is 18.0 Å². The van der Waals surface area contributed by atoms with Gasteiger partial charge in [0, 0.05) is 32.2 Å². The topological polar surface area (TPSA) is 23.6 Å². The number of halogens is 3. The van der Waals surface area contributed by atoms with Crippen molar-refractivity contribution in [3.8, 4) is 0 Å². The fourth-order valence-electron chi connectivity index (χ4n) is 3.01. The van der Waals surface area contributed by atoms with Crippen LogP contribution in [0, 0.1) is 0 Å². The number of carbonyl (C=O) groups is 1. The molecule has 2 aliphatic rings. The lowest BCUT2D eigenvalue weighted by atomic mass is 10.1.